The van der Waals surface area contributed by atoms with Gasteiger partial charge in [-0.1, -0.05) is 23.7 Å². The Bertz CT molecular complexity index is 1500. The Balaban J connectivity index is 1.28. The molecule has 1 saturated heterocycles. The third-order valence-corrected chi connectivity index (χ3v) is 8.85. The summed E-state index contributed by atoms with van der Waals surface area (Å²) in [6.07, 6.45) is 4.38. The fourth-order valence-electron chi connectivity index (χ4n) is 3.88. The van der Waals surface area contributed by atoms with Crippen LogP contribution < -0.4 is 4.73 Å². The minimum Gasteiger partial charge on any atom is -0.619 e. The van der Waals surface area contributed by atoms with E-state index in [1.54, 1.807) is 59.6 Å². The fraction of sp³-hybridized carbons (Fsp3) is 0.174. The summed E-state index contributed by atoms with van der Waals surface area (Å²) in [5, 5.41) is 14.1. The van der Waals surface area contributed by atoms with Crippen LogP contribution in [-0.4, -0.2) is 54.7 Å². The standard InChI is InChI=1S/C23H19ClN4O4S2/c24-19-5-3-17-13-20(6-4-16(17)12-19)34(31,32)28-10-8-26(9-11-28)23(29)22-25-14-21(33-22)18-2-1-7-27(30)15-18/h1-7,12-15H,8-11H2. The van der Waals surface area contributed by atoms with Crippen molar-refractivity contribution in [3.63, 3.8) is 0 Å². The number of benzene rings is 2. The zero-order valence-electron chi connectivity index (χ0n) is 17.8. The lowest BCUT2D eigenvalue weighted by Crippen LogP contribution is -2.50. The van der Waals surface area contributed by atoms with Crippen molar-refractivity contribution in [2.45, 2.75) is 4.90 Å². The second-order valence-electron chi connectivity index (χ2n) is 7.83. The van der Waals surface area contributed by atoms with Crippen molar-refractivity contribution in [1.29, 1.82) is 0 Å². The van der Waals surface area contributed by atoms with E-state index in [2.05, 4.69) is 4.98 Å². The number of hydrogen-bond donors (Lipinski definition) is 0. The molecule has 0 radical (unpaired) electrons. The van der Waals surface area contributed by atoms with Crippen molar-refractivity contribution in [3.8, 4) is 10.4 Å². The normalized spacial score (nSPS) is 15.0. The molecule has 0 unspecified atom stereocenters. The largest absolute Gasteiger partial charge is 0.619 e. The second-order valence-corrected chi connectivity index (χ2v) is 11.2. The first-order valence-electron chi connectivity index (χ1n) is 10.4. The summed E-state index contributed by atoms with van der Waals surface area (Å²) in [5.74, 6) is -0.248. The average molecular weight is 515 g/mol. The highest BCUT2D eigenvalue weighted by Crippen LogP contribution is 2.27. The van der Waals surface area contributed by atoms with Gasteiger partial charge in [-0.15, -0.1) is 11.3 Å². The third kappa shape index (κ3) is 4.37. The summed E-state index contributed by atoms with van der Waals surface area (Å²) in [6.45, 7) is 0.920. The minimum absolute atomic E-state index is 0.194. The summed E-state index contributed by atoms with van der Waals surface area (Å²) >= 11 is 7.22. The second kappa shape index (κ2) is 8.95. The summed E-state index contributed by atoms with van der Waals surface area (Å²) in [7, 11) is -3.70. The first-order chi connectivity index (χ1) is 16.3. The van der Waals surface area contributed by atoms with Crippen molar-refractivity contribution in [1.82, 2.24) is 14.2 Å². The quantitative estimate of drug-likeness (QED) is 0.307. The van der Waals surface area contributed by atoms with E-state index in [1.165, 1.54) is 28.0 Å². The van der Waals surface area contributed by atoms with Crippen LogP contribution in [0.15, 0.2) is 72.0 Å². The molecule has 8 nitrogen and oxygen atoms in total. The van der Waals surface area contributed by atoms with Crippen molar-refractivity contribution in [2.24, 2.45) is 0 Å². The van der Waals surface area contributed by atoms with Gasteiger partial charge >= 0.3 is 0 Å². The molecule has 0 saturated carbocycles. The molecule has 1 aliphatic heterocycles. The number of carbonyl (C=O) groups is 1. The average Bonchev–Trinajstić information content (AvgIpc) is 3.34. The first-order valence-corrected chi connectivity index (χ1v) is 13.1. The molecule has 0 spiro atoms. The Kier molecular flexibility index (Phi) is 5.98. The highest BCUT2D eigenvalue weighted by Gasteiger charge is 2.31. The van der Waals surface area contributed by atoms with Crippen LogP contribution in [0.4, 0.5) is 0 Å². The van der Waals surface area contributed by atoms with Crippen LogP contribution in [0, 0.1) is 5.21 Å². The molecule has 0 atom stereocenters. The van der Waals surface area contributed by atoms with E-state index in [0.717, 1.165) is 10.8 Å². The SMILES string of the molecule is O=C(c1ncc(-c2ccc[n+]([O-])c2)s1)N1CCN(S(=O)(=O)c2ccc3cc(Cl)ccc3c2)CC1. The molecule has 0 aliphatic carbocycles. The van der Waals surface area contributed by atoms with Gasteiger partial charge in [0.1, 0.15) is 0 Å². The molecule has 1 fully saturated rings. The molecule has 1 amide bonds. The molecule has 4 aromatic rings. The molecule has 2 aromatic heterocycles. The molecular formula is C23H19ClN4O4S2. The molecule has 1 aliphatic rings. The van der Waals surface area contributed by atoms with E-state index in [1.807, 2.05) is 0 Å². The Hall–Kier alpha value is -3.05. The molecule has 174 valence electrons. The number of rotatable bonds is 4. The third-order valence-electron chi connectivity index (χ3n) is 5.69. The number of hydrogen-bond acceptors (Lipinski definition) is 6. The Labute approximate surface area is 205 Å². The van der Waals surface area contributed by atoms with Gasteiger partial charge in [0.2, 0.25) is 10.0 Å². The van der Waals surface area contributed by atoms with Crippen molar-refractivity contribution >= 4 is 49.6 Å². The van der Waals surface area contributed by atoms with Crippen LogP contribution in [0.1, 0.15) is 9.80 Å². The maximum atomic E-state index is 13.2. The van der Waals surface area contributed by atoms with E-state index in [0.29, 0.717) is 25.2 Å². The van der Waals surface area contributed by atoms with Crippen LogP contribution >= 0.6 is 22.9 Å². The number of amides is 1. The number of nitrogens with zero attached hydrogens (tertiary/aromatic N) is 4. The lowest BCUT2D eigenvalue weighted by atomic mass is 10.1. The number of fused-ring (bicyclic) bond motifs is 1. The number of carbonyl (C=O) groups excluding carboxylic acids is 1. The van der Waals surface area contributed by atoms with E-state index in [4.69, 9.17) is 11.6 Å². The number of sulfonamides is 1. The summed E-state index contributed by atoms with van der Waals surface area (Å²) in [5.41, 5.74) is 0.683. The minimum atomic E-state index is -3.70. The van der Waals surface area contributed by atoms with Crippen molar-refractivity contribution < 1.29 is 17.9 Å². The highest BCUT2D eigenvalue weighted by molar-refractivity contribution is 7.89. The van der Waals surface area contributed by atoms with Crippen LogP contribution in [0.25, 0.3) is 21.2 Å². The Morgan fingerprint density at radius 1 is 1.06 bits per heavy atom. The van der Waals surface area contributed by atoms with E-state index in [9.17, 15) is 18.4 Å². The van der Waals surface area contributed by atoms with Crippen molar-refractivity contribution in [2.75, 3.05) is 26.2 Å². The Morgan fingerprint density at radius 3 is 2.56 bits per heavy atom. The van der Waals surface area contributed by atoms with Gasteiger partial charge in [0.15, 0.2) is 17.4 Å². The van der Waals surface area contributed by atoms with E-state index >= 15 is 0 Å². The van der Waals surface area contributed by atoms with Gasteiger partial charge in [-0.05, 0) is 41.1 Å². The molecule has 5 rings (SSSR count). The predicted molar refractivity (Wildman–Crippen MR) is 130 cm³/mol. The lowest BCUT2D eigenvalue weighted by Gasteiger charge is -2.33. The van der Waals surface area contributed by atoms with Gasteiger partial charge < -0.3 is 10.1 Å². The van der Waals surface area contributed by atoms with Crippen LogP contribution in [0.2, 0.25) is 5.02 Å². The van der Waals surface area contributed by atoms with Gasteiger partial charge in [0, 0.05) is 43.5 Å². The van der Waals surface area contributed by atoms with Crippen molar-refractivity contribution in [3.05, 3.63) is 82.4 Å². The molecule has 0 bridgehead atoms. The number of pyridine rings is 1. The summed E-state index contributed by atoms with van der Waals surface area (Å²) in [6, 6.07) is 13.7. The molecule has 34 heavy (non-hydrogen) atoms. The number of halogens is 1. The molecule has 11 heteroatoms. The number of piperazine rings is 1. The van der Waals surface area contributed by atoms with Gasteiger partial charge in [-0.2, -0.15) is 9.04 Å². The van der Waals surface area contributed by atoms with Gasteiger partial charge in [0.25, 0.3) is 5.91 Å². The smallest absolute Gasteiger partial charge is 0.282 e. The topological polar surface area (TPSA) is 97.5 Å². The Morgan fingerprint density at radius 2 is 1.79 bits per heavy atom. The van der Waals surface area contributed by atoms with E-state index < -0.39 is 10.0 Å². The molecule has 2 aromatic carbocycles. The maximum Gasteiger partial charge on any atom is 0.282 e. The molecule has 0 N–H and O–H groups in total. The van der Waals surface area contributed by atoms with Crippen LogP contribution in [0.3, 0.4) is 0 Å². The lowest BCUT2D eigenvalue weighted by molar-refractivity contribution is -0.604. The monoisotopic (exact) mass is 514 g/mol. The summed E-state index contributed by atoms with van der Waals surface area (Å²) < 4.78 is 28.5. The maximum absolute atomic E-state index is 13.2. The zero-order valence-corrected chi connectivity index (χ0v) is 20.2. The predicted octanol–water partition coefficient (Wildman–Crippen LogP) is 3.40. The first kappa shape index (κ1) is 22.7. The van der Waals surface area contributed by atoms with Crippen LogP contribution in [-0.2, 0) is 10.0 Å². The van der Waals surface area contributed by atoms with Gasteiger partial charge in [0.05, 0.1) is 15.3 Å². The fourth-order valence-corrected chi connectivity index (χ4v) is 6.39. The van der Waals surface area contributed by atoms with Gasteiger partial charge in [-0.25, -0.2) is 13.4 Å². The highest BCUT2D eigenvalue weighted by atomic mass is 35.5. The zero-order chi connectivity index (χ0) is 23.9. The van der Waals surface area contributed by atoms with E-state index in [-0.39, 0.29) is 37.0 Å². The molecular weight excluding hydrogens is 496 g/mol. The molecule has 3 heterocycles. The van der Waals surface area contributed by atoms with Gasteiger partial charge in [-0.3, -0.25) is 4.79 Å². The summed E-state index contributed by atoms with van der Waals surface area (Å²) in [4.78, 5) is 19.7. The number of aromatic nitrogens is 2. The van der Waals surface area contributed by atoms with Crippen LogP contribution in [0.5, 0.6) is 0 Å². The number of thiazole rings is 1.